The molecule has 8 atom stereocenters. The maximum absolute atomic E-state index is 15.0. The third-order valence-corrected chi connectivity index (χ3v) is 5.73. The first-order chi connectivity index (χ1) is 13.0. The number of halogens is 1. The lowest BCUT2D eigenvalue weighted by molar-refractivity contribution is -0.145. The standard InChI is InChI=1S/C16H27FN6O4/c1-7-3-2-4-26-14-8(11(18)24)5-9(17)13(22-14)23-10-12(21-16(23)25)19-6-20-15(10)27-7/h7-10,12-15,19-20,22H,2-6H2,1H3,(H2,18,24)(H,21,25)/t7-,8?,9?,10?,12?,13?,14?,15?/m0/s1. The maximum Gasteiger partial charge on any atom is 0.320 e. The summed E-state index contributed by atoms with van der Waals surface area (Å²) in [5.41, 5.74) is 5.45. The summed E-state index contributed by atoms with van der Waals surface area (Å²) >= 11 is 0. The Bertz CT molecular complexity index is 597. The van der Waals surface area contributed by atoms with Gasteiger partial charge in [0, 0.05) is 13.3 Å². The number of amides is 3. The zero-order chi connectivity index (χ0) is 19.1. The largest absolute Gasteiger partial charge is 0.369 e. The smallest absolute Gasteiger partial charge is 0.320 e. The van der Waals surface area contributed by atoms with Gasteiger partial charge in [-0.2, -0.15) is 0 Å². The molecule has 0 aromatic rings. The number of carbonyl (C=O) groups excluding carboxylic acids is 2. The molecule has 11 heteroatoms. The van der Waals surface area contributed by atoms with E-state index in [4.69, 9.17) is 15.2 Å². The summed E-state index contributed by atoms with van der Waals surface area (Å²) < 4.78 is 27.0. The number of piperidine rings is 1. The molecular weight excluding hydrogens is 359 g/mol. The van der Waals surface area contributed by atoms with Crippen molar-refractivity contribution in [1.29, 1.82) is 0 Å². The van der Waals surface area contributed by atoms with Gasteiger partial charge in [-0.25, -0.2) is 9.18 Å². The van der Waals surface area contributed by atoms with E-state index in [0.717, 1.165) is 12.8 Å². The Balaban J connectivity index is 1.66. The highest BCUT2D eigenvalue weighted by molar-refractivity contribution is 5.79. The minimum Gasteiger partial charge on any atom is -0.369 e. The number of hydrogen-bond donors (Lipinski definition) is 5. The summed E-state index contributed by atoms with van der Waals surface area (Å²) in [4.78, 5) is 25.9. The summed E-state index contributed by atoms with van der Waals surface area (Å²) in [7, 11) is 0. The van der Waals surface area contributed by atoms with Crippen molar-refractivity contribution in [3.63, 3.8) is 0 Å². The van der Waals surface area contributed by atoms with E-state index in [1.54, 1.807) is 0 Å². The third kappa shape index (κ3) is 3.49. The quantitative estimate of drug-likeness (QED) is 0.370. The molecule has 4 aliphatic heterocycles. The number of alkyl halides is 1. The average Bonchev–Trinajstić information content (AvgIpc) is 2.95. The number of nitrogens with one attached hydrogen (secondary N) is 4. The van der Waals surface area contributed by atoms with Gasteiger partial charge in [0.1, 0.15) is 37.0 Å². The Morgan fingerprint density at radius 3 is 2.93 bits per heavy atom. The number of fused-ring (bicyclic) bond motifs is 3. The first kappa shape index (κ1) is 18.8. The highest BCUT2D eigenvalue weighted by Crippen LogP contribution is 2.31. The molecule has 4 fully saturated rings. The second-order valence-corrected chi connectivity index (χ2v) is 7.58. The highest BCUT2D eigenvalue weighted by atomic mass is 19.1. The van der Waals surface area contributed by atoms with Crippen LogP contribution in [-0.4, -0.2) is 73.2 Å². The molecule has 3 amide bonds. The summed E-state index contributed by atoms with van der Waals surface area (Å²) in [5, 5.41) is 12.2. The van der Waals surface area contributed by atoms with Crippen molar-refractivity contribution >= 4 is 11.9 Å². The van der Waals surface area contributed by atoms with Crippen molar-refractivity contribution in [2.75, 3.05) is 13.3 Å². The molecule has 2 bridgehead atoms. The number of nitrogens with two attached hydrogens (primary N) is 1. The van der Waals surface area contributed by atoms with Gasteiger partial charge in [0.25, 0.3) is 0 Å². The van der Waals surface area contributed by atoms with Gasteiger partial charge < -0.3 is 20.5 Å². The minimum atomic E-state index is -1.46. The number of urea groups is 1. The van der Waals surface area contributed by atoms with E-state index >= 15 is 4.39 Å². The highest BCUT2D eigenvalue weighted by Gasteiger charge is 2.54. The van der Waals surface area contributed by atoms with Crippen molar-refractivity contribution in [2.24, 2.45) is 11.7 Å². The molecule has 27 heavy (non-hydrogen) atoms. The van der Waals surface area contributed by atoms with E-state index in [1.807, 2.05) is 6.92 Å². The molecule has 0 saturated carbocycles. The molecule has 4 aliphatic rings. The fraction of sp³-hybridized carbons (Fsp3) is 0.875. The van der Waals surface area contributed by atoms with Crippen molar-refractivity contribution in [3.05, 3.63) is 0 Å². The van der Waals surface area contributed by atoms with E-state index in [0.29, 0.717) is 13.3 Å². The van der Waals surface area contributed by atoms with Crippen LogP contribution in [0, 0.1) is 5.92 Å². The van der Waals surface area contributed by atoms with Gasteiger partial charge in [-0.05, 0) is 26.2 Å². The predicted octanol–water partition coefficient (Wildman–Crippen LogP) is -1.52. The molecule has 4 heterocycles. The number of ether oxygens (including phenoxy) is 2. The number of primary amides is 1. The van der Waals surface area contributed by atoms with Gasteiger partial charge in [0.05, 0.1) is 12.0 Å². The fourth-order valence-electron chi connectivity index (χ4n) is 4.38. The third-order valence-electron chi connectivity index (χ3n) is 5.73. The van der Waals surface area contributed by atoms with Gasteiger partial charge in [-0.3, -0.25) is 25.6 Å². The lowest BCUT2D eigenvalue weighted by Crippen LogP contribution is -2.71. The molecule has 0 aliphatic carbocycles. The Labute approximate surface area is 156 Å². The second-order valence-electron chi connectivity index (χ2n) is 7.58. The summed E-state index contributed by atoms with van der Waals surface area (Å²) in [5.74, 6) is -1.40. The first-order valence-electron chi connectivity index (χ1n) is 9.48. The molecule has 0 radical (unpaired) electrons. The normalized spacial score (nSPS) is 45.3. The number of hydrogen-bond acceptors (Lipinski definition) is 7. The Hall–Kier alpha value is -1.53. The van der Waals surface area contributed by atoms with Crippen LogP contribution >= 0.6 is 0 Å². The molecule has 7 unspecified atom stereocenters. The summed E-state index contributed by atoms with van der Waals surface area (Å²) in [6, 6.07) is -0.842. The van der Waals surface area contributed by atoms with Crippen LogP contribution < -0.4 is 27.0 Å². The lowest BCUT2D eigenvalue weighted by Gasteiger charge is -2.46. The van der Waals surface area contributed by atoms with Gasteiger partial charge in [-0.1, -0.05) is 0 Å². The molecule has 6 N–H and O–H groups in total. The monoisotopic (exact) mass is 386 g/mol. The van der Waals surface area contributed by atoms with Crippen molar-refractivity contribution < 1.29 is 23.5 Å². The number of rotatable bonds is 1. The van der Waals surface area contributed by atoms with Gasteiger partial charge in [0.15, 0.2) is 0 Å². The van der Waals surface area contributed by atoms with Gasteiger partial charge in [-0.15, -0.1) is 0 Å². The zero-order valence-corrected chi connectivity index (χ0v) is 15.2. The van der Waals surface area contributed by atoms with Crippen molar-refractivity contribution in [3.8, 4) is 0 Å². The second kappa shape index (κ2) is 7.47. The molecule has 10 nitrogen and oxygen atoms in total. The Morgan fingerprint density at radius 1 is 1.33 bits per heavy atom. The number of nitrogens with zero attached hydrogens (tertiary/aromatic N) is 1. The summed E-state index contributed by atoms with van der Waals surface area (Å²) in [6.07, 6.45) is -2.61. The lowest BCUT2D eigenvalue weighted by atomic mass is 9.92. The van der Waals surface area contributed by atoms with E-state index in [2.05, 4.69) is 21.3 Å². The van der Waals surface area contributed by atoms with Crippen LogP contribution in [0.3, 0.4) is 0 Å². The average molecular weight is 386 g/mol. The van der Waals surface area contributed by atoms with E-state index in [1.165, 1.54) is 4.90 Å². The fourth-order valence-corrected chi connectivity index (χ4v) is 4.38. The molecule has 0 aromatic heterocycles. The van der Waals surface area contributed by atoms with Gasteiger partial charge in [0.2, 0.25) is 5.91 Å². The van der Waals surface area contributed by atoms with Crippen molar-refractivity contribution in [2.45, 2.75) is 69.3 Å². The van der Waals surface area contributed by atoms with Crippen LogP contribution in [0.2, 0.25) is 0 Å². The predicted molar refractivity (Wildman–Crippen MR) is 91.5 cm³/mol. The molecular formula is C16H27FN6O4. The Kier molecular flexibility index (Phi) is 5.21. The van der Waals surface area contributed by atoms with Crippen LogP contribution in [0.15, 0.2) is 0 Å². The summed E-state index contributed by atoms with van der Waals surface area (Å²) in [6.45, 7) is 2.82. The first-order valence-corrected chi connectivity index (χ1v) is 9.48. The van der Waals surface area contributed by atoms with E-state index in [-0.39, 0.29) is 18.7 Å². The molecule has 0 spiro atoms. The van der Waals surface area contributed by atoms with Crippen LogP contribution in [0.4, 0.5) is 9.18 Å². The molecule has 4 rings (SSSR count). The topological polar surface area (TPSA) is 130 Å². The number of carbonyl (C=O) groups is 2. The van der Waals surface area contributed by atoms with E-state index < -0.39 is 48.7 Å². The molecule has 4 saturated heterocycles. The van der Waals surface area contributed by atoms with Crippen LogP contribution in [-0.2, 0) is 14.3 Å². The zero-order valence-electron chi connectivity index (χ0n) is 15.2. The Morgan fingerprint density at radius 2 is 2.15 bits per heavy atom. The van der Waals surface area contributed by atoms with Crippen LogP contribution in [0.1, 0.15) is 26.2 Å². The maximum atomic E-state index is 15.0. The molecule has 0 aromatic carbocycles. The van der Waals surface area contributed by atoms with Crippen molar-refractivity contribution in [1.82, 2.24) is 26.2 Å². The van der Waals surface area contributed by atoms with E-state index in [9.17, 15) is 9.59 Å². The van der Waals surface area contributed by atoms with Crippen LogP contribution in [0.5, 0.6) is 0 Å². The molecule has 152 valence electrons. The SMILES string of the molecule is C[C@H]1CCCOC2NC(C(F)CC2C(N)=O)N2C(=O)NC3NCNC(O1)C32. The van der Waals surface area contributed by atoms with Crippen LogP contribution in [0.25, 0.3) is 0 Å². The minimum absolute atomic E-state index is 0.0669. The van der Waals surface area contributed by atoms with Gasteiger partial charge >= 0.3 is 6.03 Å².